The van der Waals surface area contributed by atoms with Crippen molar-refractivity contribution in [1.29, 1.82) is 0 Å². The number of carboxylic acids is 1. The van der Waals surface area contributed by atoms with Gasteiger partial charge in [0.15, 0.2) is 16.3 Å². The minimum absolute atomic E-state index is 0.00997. The van der Waals surface area contributed by atoms with E-state index in [4.69, 9.17) is 30.8 Å². The molecule has 0 saturated carbocycles. The Balaban J connectivity index is 0.785. The zero-order chi connectivity index (χ0) is 52.1. The molecule has 0 saturated heterocycles. The number of amides is 1. The van der Waals surface area contributed by atoms with Crippen LogP contribution in [0, 0.1) is 0 Å². The number of halogens is 6. The molecule has 382 valence electrons. The Morgan fingerprint density at radius 3 is 2.07 bits per heavy atom. The van der Waals surface area contributed by atoms with Crippen molar-refractivity contribution < 1.29 is 74.2 Å². The SMILES string of the molecule is O=C(NCCOCCOCCOCCNC(=S)Nc1ccc(-c2c3ccc(=O)cc-3oc3cc(O)ccc23)c(C(=O)O)c1)c1ccc(Nc2nccc(Nc3ccc(OC(F)(F)F)cc3)n2)c(OC(F)(F)F)c1. The number of ether oxygens (including phenoxy) is 5. The van der Waals surface area contributed by atoms with Gasteiger partial charge in [0.25, 0.3) is 5.91 Å². The van der Waals surface area contributed by atoms with Crippen LogP contribution in [0.2, 0.25) is 0 Å². The van der Waals surface area contributed by atoms with Crippen LogP contribution in [0.4, 0.5) is 55.2 Å². The van der Waals surface area contributed by atoms with Gasteiger partial charge in [0.2, 0.25) is 5.95 Å². The van der Waals surface area contributed by atoms with Gasteiger partial charge in [0.1, 0.15) is 28.7 Å². The minimum Gasteiger partial charge on any atom is -0.508 e. The van der Waals surface area contributed by atoms with E-state index in [1.54, 1.807) is 24.3 Å². The molecular formula is C48H41F6N7O11S. The molecule has 0 unspecified atom stereocenters. The summed E-state index contributed by atoms with van der Waals surface area (Å²) in [5, 5.41) is 34.9. The Morgan fingerprint density at radius 2 is 1.37 bits per heavy atom. The number of hydrogen-bond acceptors (Lipinski definition) is 15. The average molecular weight is 1040 g/mol. The number of aromatic carboxylic acids is 1. The van der Waals surface area contributed by atoms with Crippen molar-refractivity contribution in [1.82, 2.24) is 20.6 Å². The molecule has 0 fully saturated rings. The highest BCUT2D eigenvalue weighted by Crippen LogP contribution is 2.42. The first-order valence-electron chi connectivity index (χ1n) is 21.6. The normalized spacial score (nSPS) is 11.5. The Labute approximate surface area is 414 Å². The van der Waals surface area contributed by atoms with Crippen molar-refractivity contribution in [3.63, 3.8) is 0 Å². The molecule has 25 heteroatoms. The molecule has 1 aliphatic carbocycles. The predicted molar refractivity (Wildman–Crippen MR) is 257 cm³/mol. The molecule has 1 aliphatic heterocycles. The van der Waals surface area contributed by atoms with Crippen LogP contribution < -0.4 is 41.5 Å². The lowest BCUT2D eigenvalue weighted by molar-refractivity contribution is -0.275. The number of nitrogens with zero attached hydrogens (tertiary/aromatic N) is 2. The number of carbonyl (C=O) groups is 2. The van der Waals surface area contributed by atoms with Crippen LogP contribution in [0.15, 0.2) is 119 Å². The Morgan fingerprint density at radius 1 is 0.699 bits per heavy atom. The fraction of sp³-hybridized carbons (Fsp3) is 0.208. The van der Waals surface area contributed by atoms with Gasteiger partial charge >= 0.3 is 18.7 Å². The number of alkyl halides is 6. The van der Waals surface area contributed by atoms with E-state index in [1.165, 1.54) is 60.8 Å². The molecule has 0 atom stereocenters. The molecule has 0 bridgehead atoms. The maximum atomic E-state index is 13.4. The van der Waals surface area contributed by atoms with Gasteiger partial charge < -0.3 is 64.9 Å². The fourth-order valence-electron chi connectivity index (χ4n) is 6.93. The summed E-state index contributed by atoms with van der Waals surface area (Å²) in [7, 11) is 0. The smallest absolute Gasteiger partial charge is 0.508 e. The van der Waals surface area contributed by atoms with Crippen LogP contribution in [-0.4, -0.2) is 103 Å². The van der Waals surface area contributed by atoms with Crippen LogP contribution in [0.1, 0.15) is 20.7 Å². The molecule has 4 aromatic carbocycles. The first-order valence-corrected chi connectivity index (χ1v) is 22.0. The van der Waals surface area contributed by atoms with Gasteiger partial charge in [-0.1, -0.05) is 6.07 Å². The largest absolute Gasteiger partial charge is 0.573 e. The van der Waals surface area contributed by atoms with E-state index in [-0.39, 0.29) is 102 Å². The van der Waals surface area contributed by atoms with Gasteiger partial charge in [-0.25, -0.2) is 9.78 Å². The Hall–Kier alpha value is -8.26. The van der Waals surface area contributed by atoms with Gasteiger partial charge in [-0.3, -0.25) is 9.59 Å². The van der Waals surface area contributed by atoms with Crippen molar-refractivity contribution in [2.45, 2.75) is 12.7 Å². The molecular weight excluding hydrogens is 997 g/mol. The Kier molecular flexibility index (Phi) is 17.1. The number of nitrogens with one attached hydrogen (secondary N) is 5. The highest BCUT2D eigenvalue weighted by atomic mass is 32.1. The summed E-state index contributed by atoms with van der Waals surface area (Å²) < 4.78 is 108. The number of benzene rings is 5. The number of fused-ring (bicyclic) bond motifs is 2. The third-order valence-corrected chi connectivity index (χ3v) is 10.2. The highest BCUT2D eigenvalue weighted by molar-refractivity contribution is 7.80. The van der Waals surface area contributed by atoms with Gasteiger partial charge in [-0.05, 0) is 103 Å². The molecule has 7 rings (SSSR count). The number of rotatable bonds is 22. The molecule has 5 aromatic rings. The molecule has 7 N–H and O–H groups in total. The zero-order valence-electron chi connectivity index (χ0n) is 37.7. The topological polar surface area (TPSA) is 237 Å². The number of hydrogen-bond donors (Lipinski definition) is 7. The summed E-state index contributed by atoms with van der Waals surface area (Å²) in [6.07, 6.45) is -8.73. The maximum Gasteiger partial charge on any atom is 0.573 e. The van der Waals surface area contributed by atoms with Crippen LogP contribution in [0.3, 0.4) is 0 Å². The molecule has 2 heterocycles. The standard InChI is InChI=1S/C48H41F6N7O11S/c49-47(50,51)71-32-7-2-28(3-8-32)58-41-13-14-56-45(61-41)60-37-12-1-27(23-40(37)72-48(52,53)54)43(64)55-15-17-67-19-21-69-22-20-68-18-16-57-46(73)59-29-4-9-33(36(24-29)44(65)66)42-34-10-5-30(62)25-38(34)70-39-26-31(63)6-11-35(39)42/h1-14,23-26,62H,15-22H2,(H,55,64)(H,65,66)(H2,57,59,73)(H2,56,58,60,61). The number of aromatic hydroxyl groups is 1. The number of aromatic nitrogens is 2. The fourth-order valence-corrected chi connectivity index (χ4v) is 7.15. The predicted octanol–water partition coefficient (Wildman–Crippen LogP) is 8.81. The summed E-state index contributed by atoms with van der Waals surface area (Å²) in [6, 6.07) is 22.8. The first kappa shape index (κ1) is 52.6. The third kappa shape index (κ3) is 15.4. The van der Waals surface area contributed by atoms with Crippen LogP contribution in [0.5, 0.6) is 17.2 Å². The summed E-state index contributed by atoms with van der Waals surface area (Å²) in [6.45, 7) is 1.45. The van der Waals surface area contributed by atoms with Crippen molar-refractivity contribution in [3.8, 4) is 39.7 Å². The Bertz CT molecular complexity index is 3110. The number of carbonyl (C=O) groups excluding carboxylic acids is 1. The van der Waals surface area contributed by atoms with E-state index >= 15 is 0 Å². The molecule has 0 radical (unpaired) electrons. The second kappa shape index (κ2) is 23.8. The highest BCUT2D eigenvalue weighted by Gasteiger charge is 2.33. The van der Waals surface area contributed by atoms with Crippen molar-refractivity contribution in [2.24, 2.45) is 0 Å². The molecule has 2 aliphatic rings. The average Bonchev–Trinajstić information content (AvgIpc) is 3.32. The number of phenolic OH excluding ortho intramolecular Hbond substituents is 1. The second-order valence-corrected chi connectivity index (χ2v) is 15.6. The van der Waals surface area contributed by atoms with Crippen LogP contribution in [0.25, 0.3) is 33.4 Å². The van der Waals surface area contributed by atoms with E-state index in [2.05, 4.69) is 46.0 Å². The number of thiocarbonyl (C=S) groups is 1. The van der Waals surface area contributed by atoms with E-state index in [9.17, 15) is 50.9 Å². The van der Waals surface area contributed by atoms with Crippen molar-refractivity contribution in [2.75, 3.05) is 68.7 Å². The monoisotopic (exact) mass is 1040 g/mol. The molecule has 1 amide bonds. The summed E-state index contributed by atoms with van der Waals surface area (Å²) >= 11 is 5.39. The lowest BCUT2D eigenvalue weighted by Crippen LogP contribution is -2.31. The van der Waals surface area contributed by atoms with E-state index in [1.807, 2.05) is 0 Å². The minimum atomic E-state index is -5.13. The second-order valence-electron chi connectivity index (χ2n) is 15.2. The number of anilines is 5. The van der Waals surface area contributed by atoms with Gasteiger partial charge in [0.05, 0.1) is 50.9 Å². The van der Waals surface area contributed by atoms with E-state index < -0.39 is 36.1 Å². The number of carboxylic acid groups (broad SMARTS) is 1. The summed E-state index contributed by atoms with van der Waals surface area (Å²) in [4.78, 5) is 45.6. The third-order valence-electron chi connectivity index (χ3n) is 9.99. The summed E-state index contributed by atoms with van der Waals surface area (Å²) in [5.74, 6) is -3.02. The lowest BCUT2D eigenvalue weighted by Gasteiger charge is -2.18. The van der Waals surface area contributed by atoms with E-state index in [0.29, 0.717) is 40.0 Å². The van der Waals surface area contributed by atoms with Gasteiger partial charge in [-0.2, -0.15) is 4.98 Å². The molecule has 73 heavy (non-hydrogen) atoms. The van der Waals surface area contributed by atoms with Gasteiger partial charge in [0, 0.05) is 64.9 Å². The van der Waals surface area contributed by atoms with E-state index in [0.717, 1.165) is 24.3 Å². The van der Waals surface area contributed by atoms with Crippen molar-refractivity contribution >= 4 is 69.0 Å². The maximum absolute atomic E-state index is 13.4. The summed E-state index contributed by atoms with van der Waals surface area (Å²) in [5.41, 5.74) is 1.58. The number of phenols is 1. The van der Waals surface area contributed by atoms with Gasteiger partial charge in [-0.15, -0.1) is 26.3 Å². The zero-order valence-corrected chi connectivity index (χ0v) is 38.5. The quantitative estimate of drug-likeness (QED) is 0.0145. The first-order chi connectivity index (χ1) is 34.9. The van der Waals surface area contributed by atoms with Crippen LogP contribution in [-0.2, 0) is 14.2 Å². The van der Waals surface area contributed by atoms with Crippen LogP contribution >= 0.6 is 12.2 Å². The van der Waals surface area contributed by atoms with Crippen molar-refractivity contribution in [3.05, 3.63) is 131 Å². The molecule has 0 spiro atoms. The molecule has 1 aromatic heterocycles. The lowest BCUT2D eigenvalue weighted by atomic mass is 9.90. The molecule has 18 nitrogen and oxygen atoms in total.